The number of amides is 1. The summed E-state index contributed by atoms with van der Waals surface area (Å²) in [6, 6.07) is 16.5. The highest BCUT2D eigenvalue weighted by Crippen LogP contribution is 2.40. The fourth-order valence-corrected chi connectivity index (χ4v) is 5.92. The highest BCUT2D eigenvalue weighted by Gasteiger charge is 2.49. The highest BCUT2D eigenvalue weighted by atomic mass is 32.2. The van der Waals surface area contributed by atoms with Crippen molar-refractivity contribution in [2.24, 2.45) is 0 Å². The largest absolute Gasteiger partial charge is 0.416 e. The van der Waals surface area contributed by atoms with Gasteiger partial charge in [0.15, 0.2) is 5.78 Å². The van der Waals surface area contributed by atoms with E-state index >= 15 is 0 Å². The Bertz CT molecular complexity index is 1390. The lowest BCUT2D eigenvalue weighted by molar-refractivity contribution is -0.137. The van der Waals surface area contributed by atoms with Crippen molar-refractivity contribution < 1.29 is 35.9 Å². The molecule has 0 saturated carbocycles. The molecule has 3 aromatic carbocycles. The molecule has 0 aliphatic carbocycles. The van der Waals surface area contributed by atoms with E-state index in [0.717, 1.165) is 22.5 Å². The van der Waals surface area contributed by atoms with E-state index in [1.165, 1.54) is 43.5 Å². The number of benzene rings is 3. The van der Waals surface area contributed by atoms with Crippen molar-refractivity contribution in [2.75, 3.05) is 19.0 Å². The van der Waals surface area contributed by atoms with Crippen molar-refractivity contribution in [1.29, 1.82) is 0 Å². The minimum Gasteiger partial charge on any atom is -0.375 e. The number of carbonyl (C=O) groups excluding carboxylic acids is 2. The minimum absolute atomic E-state index is 0.124. The summed E-state index contributed by atoms with van der Waals surface area (Å²) in [5, 5.41) is 2.30. The number of ether oxygens (including phenoxy) is 1. The summed E-state index contributed by atoms with van der Waals surface area (Å²) in [6.07, 6.45) is -5.65. The number of carbonyl (C=O) groups is 2. The van der Waals surface area contributed by atoms with Gasteiger partial charge in [-0.2, -0.15) is 17.5 Å². The molecule has 1 N–H and O–H groups in total. The Kier molecular flexibility index (Phi) is 6.98. The minimum atomic E-state index is -4.63. The quantitative estimate of drug-likeness (QED) is 0.492. The standard InChI is InChI=1S/C25H21F3N2O5S/c1-35-24-19-12-5-6-13-20(19)36(33,34)30(22(24)23(32)16-8-3-2-4-9-16)15-21(31)29-18-11-7-10-17(14-18)25(26,27)28/h2-14,22,24H,15H2,1H3,(H,29,31). The van der Waals surface area contributed by atoms with Crippen molar-refractivity contribution in [3.05, 3.63) is 95.6 Å². The van der Waals surface area contributed by atoms with Crippen LogP contribution >= 0.6 is 0 Å². The third kappa shape index (κ3) is 4.90. The zero-order valence-corrected chi connectivity index (χ0v) is 19.7. The van der Waals surface area contributed by atoms with Crippen molar-refractivity contribution in [3.63, 3.8) is 0 Å². The Morgan fingerprint density at radius 3 is 2.31 bits per heavy atom. The maximum absolute atomic E-state index is 13.6. The maximum Gasteiger partial charge on any atom is 0.416 e. The van der Waals surface area contributed by atoms with Crippen LogP contribution in [0.25, 0.3) is 0 Å². The maximum atomic E-state index is 13.6. The normalized spacial score (nSPS) is 19.3. The van der Waals surface area contributed by atoms with E-state index in [0.29, 0.717) is 0 Å². The molecule has 4 rings (SSSR count). The van der Waals surface area contributed by atoms with Gasteiger partial charge in [0.25, 0.3) is 0 Å². The van der Waals surface area contributed by atoms with Gasteiger partial charge in [-0.25, -0.2) is 8.42 Å². The predicted molar refractivity (Wildman–Crippen MR) is 125 cm³/mol. The highest BCUT2D eigenvalue weighted by molar-refractivity contribution is 7.89. The SMILES string of the molecule is COC1c2ccccc2S(=O)(=O)N(CC(=O)Nc2cccc(C(F)(F)F)c2)C1C(=O)c1ccccc1. The van der Waals surface area contributed by atoms with E-state index in [2.05, 4.69) is 5.32 Å². The topological polar surface area (TPSA) is 92.8 Å². The first kappa shape index (κ1) is 25.5. The second kappa shape index (κ2) is 9.84. The van der Waals surface area contributed by atoms with Crippen LogP contribution < -0.4 is 5.32 Å². The summed E-state index contributed by atoms with van der Waals surface area (Å²) in [4.78, 5) is 26.3. The number of ketones is 1. The molecule has 36 heavy (non-hydrogen) atoms. The molecular weight excluding hydrogens is 497 g/mol. The molecule has 0 fully saturated rings. The van der Waals surface area contributed by atoms with Crippen LogP contribution in [0.1, 0.15) is 27.6 Å². The fraction of sp³-hybridized carbons (Fsp3) is 0.200. The molecule has 188 valence electrons. The number of methoxy groups -OCH3 is 1. The number of nitrogens with one attached hydrogen (secondary N) is 1. The number of hydrogen-bond donors (Lipinski definition) is 1. The first-order valence-electron chi connectivity index (χ1n) is 10.7. The van der Waals surface area contributed by atoms with Gasteiger partial charge in [0, 0.05) is 23.9 Å². The Morgan fingerprint density at radius 2 is 1.64 bits per heavy atom. The van der Waals surface area contributed by atoms with Crippen molar-refractivity contribution in [2.45, 2.75) is 23.2 Å². The second-order valence-electron chi connectivity index (χ2n) is 8.05. The lowest BCUT2D eigenvalue weighted by atomic mass is 9.94. The van der Waals surface area contributed by atoms with E-state index in [1.807, 2.05) is 0 Å². The average Bonchev–Trinajstić information content (AvgIpc) is 2.85. The molecule has 2 atom stereocenters. The summed E-state index contributed by atoms with van der Waals surface area (Å²) < 4.78 is 72.6. The molecule has 11 heteroatoms. The molecule has 0 saturated heterocycles. The molecule has 1 heterocycles. The molecule has 0 spiro atoms. The molecule has 1 amide bonds. The van der Waals surface area contributed by atoms with E-state index in [4.69, 9.17) is 4.74 Å². The summed E-state index contributed by atoms with van der Waals surface area (Å²) in [5.74, 6) is -1.51. The molecular formula is C25H21F3N2O5S. The van der Waals surface area contributed by atoms with Crippen LogP contribution in [-0.4, -0.2) is 44.1 Å². The number of nitrogens with zero attached hydrogens (tertiary/aromatic N) is 1. The van der Waals surface area contributed by atoms with Crippen LogP contribution in [0, 0.1) is 0 Å². The number of rotatable bonds is 6. The van der Waals surface area contributed by atoms with Crippen molar-refractivity contribution in [3.8, 4) is 0 Å². The predicted octanol–water partition coefficient (Wildman–Crippen LogP) is 4.29. The van der Waals surface area contributed by atoms with Crippen LogP contribution in [-0.2, 0) is 25.7 Å². The summed E-state index contributed by atoms with van der Waals surface area (Å²) in [6.45, 7) is -0.823. The van der Waals surface area contributed by atoms with E-state index in [-0.39, 0.29) is 21.7 Å². The van der Waals surface area contributed by atoms with Gasteiger partial charge in [-0.05, 0) is 24.3 Å². The Balaban J connectivity index is 1.73. The number of alkyl halides is 3. The molecule has 3 aromatic rings. The van der Waals surface area contributed by atoms with Crippen LogP contribution in [0.2, 0.25) is 0 Å². The van der Waals surface area contributed by atoms with Crippen LogP contribution in [0.3, 0.4) is 0 Å². The van der Waals surface area contributed by atoms with Gasteiger partial charge in [0.1, 0.15) is 12.1 Å². The molecule has 1 aliphatic rings. The molecule has 7 nitrogen and oxygen atoms in total. The van der Waals surface area contributed by atoms with Gasteiger partial charge >= 0.3 is 6.18 Å². The van der Waals surface area contributed by atoms with E-state index in [9.17, 15) is 31.2 Å². The van der Waals surface area contributed by atoms with Crippen LogP contribution in [0.5, 0.6) is 0 Å². The second-order valence-corrected chi connectivity index (χ2v) is 9.91. The average molecular weight is 519 g/mol. The van der Waals surface area contributed by atoms with Gasteiger partial charge in [-0.3, -0.25) is 9.59 Å². The Hall–Kier alpha value is -3.54. The van der Waals surface area contributed by atoms with Crippen LogP contribution in [0.4, 0.5) is 18.9 Å². The molecule has 2 unspecified atom stereocenters. The number of sulfonamides is 1. The zero-order chi connectivity index (χ0) is 26.1. The van der Waals surface area contributed by atoms with Gasteiger partial charge in [-0.15, -0.1) is 0 Å². The molecule has 1 aliphatic heterocycles. The lowest BCUT2D eigenvalue weighted by Gasteiger charge is -2.39. The van der Waals surface area contributed by atoms with Gasteiger partial charge < -0.3 is 10.1 Å². The first-order valence-corrected chi connectivity index (χ1v) is 12.2. The van der Waals surface area contributed by atoms with Gasteiger partial charge in [0.2, 0.25) is 15.9 Å². The van der Waals surface area contributed by atoms with Crippen molar-refractivity contribution in [1.82, 2.24) is 4.31 Å². The lowest BCUT2D eigenvalue weighted by Crippen LogP contribution is -2.54. The number of fused-ring (bicyclic) bond motifs is 1. The third-order valence-electron chi connectivity index (χ3n) is 5.76. The third-order valence-corrected chi connectivity index (χ3v) is 7.66. The number of Topliss-reactive ketones (excluding diaryl/α,β-unsaturated/α-hetero) is 1. The Morgan fingerprint density at radius 1 is 0.972 bits per heavy atom. The van der Waals surface area contributed by atoms with E-state index < -0.39 is 52.1 Å². The fourth-order valence-electron chi connectivity index (χ4n) is 4.14. The smallest absolute Gasteiger partial charge is 0.375 e. The number of anilines is 1. The summed E-state index contributed by atoms with van der Waals surface area (Å²) in [7, 11) is -3.03. The molecule has 0 bridgehead atoms. The van der Waals surface area contributed by atoms with Crippen molar-refractivity contribution >= 4 is 27.4 Å². The van der Waals surface area contributed by atoms with Crippen LogP contribution in [0.15, 0.2) is 83.8 Å². The first-order chi connectivity index (χ1) is 17.0. The Labute approximate surface area is 205 Å². The zero-order valence-electron chi connectivity index (χ0n) is 18.9. The number of hydrogen-bond acceptors (Lipinski definition) is 5. The van der Waals surface area contributed by atoms with Gasteiger partial charge in [-0.1, -0.05) is 54.6 Å². The summed E-state index contributed by atoms with van der Waals surface area (Å²) in [5.41, 5.74) is -0.665. The number of halogens is 3. The van der Waals surface area contributed by atoms with Gasteiger partial charge in [0.05, 0.1) is 17.0 Å². The van der Waals surface area contributed by atoms with E-state index in [1.54, 1.807) is 24.3 Å². The molecule has 0 aromatic heterocycles. The molecule has 0 radical (unpaired) electrons. The summed E-state index contributed by atoms with van der Waals surface area (Å²) >= 11 is 0. The monoisotopic (exact) mass is 518 g/mol.